The Kier molecular flexibility index (Phi) is 6.22. The monoisotopic (exact) mass is 367 g/mol. The first-order valence-electron chi connectivity index (χ1n) is 8.08. The fourth-order valence-electron chi connectivity index (χ4n) is 4.19. The second kappa shape index (κ2) is 7.80. The van der Waals surface area contributed by atoms with Crippen molar-refractivity contribution in [2.75, 3.05) is 13.1 Å². The summed E-state index contributed by atoms with van der Waals surface area (Å²) in [6.45, 7) is 4.08. The van der Waals surface area contributed by atoms with Crippen LogP contribution in [0.5, 0.6) is 0 Å². The van der Waals surface area contributed by atoms with Gasteiger partial charge in [-0.15, -0.1) is 0 Å². The Bertz CT molecular complexity index is 706. The summed E-state index contributed by atoms with van der Waals surface area (Å²) in [4.78, 5) is 12.4. The highest BCUT2D eigenvalue weighted by Gasteiger charge is 2.41. The van der Waals surface area contributed by atoms with Gasteiger partial charge < -0.3 is 15.2 Å². The predicted molar refractivity (Wildman–Crippen MR) is 104 cm³/mol. The second-order valence-electron chi connectivity index (χ2n) is 6.75. The van der Waals surface area contributed by atoms with E-state index in [1.54, 1.807) is 0 Å². The van der Waals surface area contributed by atoms with Gasteiger partial charge in [-0.05, 0) is 49.3 Å². The predicted octanol–water partition coefficient (Wildman–Crippen LogP) is 2.42. The number of para-hydroxylation sites is 1. The number of nitrogens with zero attached hydrogens (tertiary/aromatic N) is 1. The van der Waals surface area contributed by atoms with Crippen molar-refractivity contribution >= 4 is 43.9 Å². The van der Waals surface area contributed by atoms with Crippen LogP contribution < -0.4 is 10.6 Å². The molecular formula is C17H25N3O2S2. The Morgan fingerprint density at radius 3 is 2.96 bits per heavy atom. The SMILES string of the molecule is CC1C[C@H]2CN[C@H](CNC(=O)c3noc4ccccc34)[C@H]2C1.S.S. The molecule has 7 heteroatoms. The Balaban J connectivity index is 0.00000104. The molecule has 2 N–H and O–H groups in total. The van der Waals surface area contributed by atoms with Gasteiger partial charge in [-0.1, -0.05) is 24.2 Å². The standard InChI is InChI=1S/C17H21N3O2.2H2S/c1-10-6-11-8-18-14(13(11)7-10)9-19-17(21)16-12-4-2-3-5-15(12)22-20-16;;/h2-5,10-11,13-14,18H,6-9H2,1H3,(H,19,21);2*1H2/t10?,11-,13-,14+;;/m0../s1. The molecule has 1 aromatic heterocycles. The van der Waals surface area contributed by atoms with E-state index in [0.29, 0.717) is 29.8 Å². The number of rotatable bonds is 3. The summed E-state index contributed by atoms with van der Waals surface area (Å²) in [5, 5.41) is 11.3. The number of hydrogen-bond acceptors (Lipinski definition) is 4. The van der Waals surface area contributed by atoms with Gasteiger partial charge in [0, 0.05) is 12.6 Å². The number of nitrogens with one attached hydrogen (secondary N) is 2. The van der Waals surface area contributed by atoms with E-state index in [9.17, 15) is 4.79 Å². The fraction of sp³-hybridized carbons (Fsp3) is 0.529. The highest BCUT2D eigenvalue weighted by atomic mass is 32.1. The maximum absolute atomic E-state index is 12.4. The number of fused-ring (bicyclic) bond motifs is 2. The third kappa shape index (κ3) is 3.43. The van der Waals surface area contributed by atoms with Crippen molar-refractivity contribution in [2.45, 2.75) is 25.8 Å². The van der Waals surface area contributed by atoms with Gasteiger partial charge >= 0.3 is 0 Å². The number of carbonyl (C=O) groups excluding carboxylic acids is 1. The van der Waals surface area contributed by atoms with Gasteiger partial charge in [-0.25, -0.2) is 0 Å². The van der Waals surface area contributed by atoms with Crippen molar-refractivity contribution < 1.29 is 9.32 Å². The first-order valence-corrected chi connectivity index (χ1v) is 8.08. The minimum atomic E-state index is -0.152. The van der Waals surface area contributed by atoms with Crippen LogP contribution in [-0.4, -0.2) is 30.2 Å². The van der Waals surface area contributed by atoms with E-state index < -0.39 is 0 Å². The van der Waals surface area contributed by atoms with E-state index in [4.69, 9.17) is 4.52 Å². The van der Waals surface area contributed by atoms with E-state index in [-0.39, 0.29) is 32.9 Å². The summed E-state index contributed by atoms with van der Waals surface area (Å²) in [5.41, 5.74) is 1.03. The van der Waals surface area contributed by atoms with E-state index in [1.165, 1.54) is 12.8 Å². The van der Waals surface area contributed by atoms with Gasteiger partial charge in [0.25, 0.3) is 5.91 Å². The van der Waals surface area contributed by atoms with Crippen molar-refractivity contribution in [2.24, 2.45) is 17.8 Å². The Hall–Kier alpha value is -1.18. The zero-order chi connectivity index (χ0) is 15.1. The summed E-state index contributed by atoms with van der Waals surface area (Å²) in [6, 6.07) is 7.83. The topological polar surface area (TPSA) is 67.2 Å². The molecule has 1 aromatic carbocycles. The van der Waals surface area contributed by atoms with Crippen molar-refractivity contribution in [3.63, 3.8) is 0 Å². The average molecular weight is 368 g/mol. The molecule has 1 aliphatic carbocycles. The van der Waals surface area contributed by atoms with Gasteiger partial charge in [0.2, 0.25) is 0 Å². The normalized spacial score (nSPS) is 28.0. The molecule has 4 rings (SSSR count). The lowest BCUT2D eigenvalue weighted by Crippen LogP contribution is -2.40. The second-order valence-corrected chi connectivity index (χ2v) is 6.75. The van der Waals surface area contributed by atoms with E-state index in [0.717, 1.165) is 23.8 Å². The van der Waals surface area contributed by atoms with Crippen molar-refractivity contribution in [3.05, 3.63) is 30.0 Å². The molecule has 5 nitrogen and oxygen atoms in total. The van der Waals surface area contributed by atoms with Crippen molar-refractivity contribution in [1.29, 1.82) is 0 Å². The van der Waals surface area contributed by atoms with Crippen molar-refractivity contribution in [3.8, 4) is 0 Å². The Morgan fingerprint density at radius 1 is 1.33 bits per heavy atom. The van der Waals surface area contributed by atoms with Crippen LogP contribution in [-0.2, 0) is 0 Å². The lowest BCUT2D eigenvalue weighted by Gasteiger charge is -2.18. The molecule has 0 radical (unpaired) electrons. The minimum absolute atomic E-state index is 0. The Labute approximate surface area is 155 Å². The molecule has 1 aliphatic heterocycles. The van der Waals surface area contributed by atoms with Crippen LogP contribution >= 0.6 is 27.0 Å². The summed E-state index contributed by atoms with van der Waals surface area (Å²) in [6.07, 6.45) is 2.58. The average Bonchev–Trinajstić information content (AvgIpc) is 3.18. The quantitative estimate of drug-likeness (QED) is 0.874. The van der Waals surface area contributed by atoms with E-state index >= 15 is 0 Å². The van der Waals surface area contributed by atoms with Gasteiger partial charge in [-0.3, -0.25) is 4.79 Å². The molecule has 4 atom stereocenters. The lowest BCUT2D eigenvalue weighted by atomic mass is 9.94. The van der Waals surface area contributed by atoms with Crippen LogP contribution in [0.25, 0.3) is 11.0 Å². The molecule has 0 bridgehead atoms. The first kappa shape index (κ1) is 19.1. The van der Waals surface area contributed by atoms with Crippen LogP contribution in [0.15, 0.2) is 28.8 Å². The van der Waals surface area contributed by atoms with E-state index in [2.05, 4.69) is 22.7 Å². The van der Waals surface area contributed by atoms with E-state index in [1.807, 2.05) is 24.3 Å². The van der Waals surface area contributed by atoms with Crippen LogP contribution in [0.1, 0.15) is 30.3 Å². The van der Waals surface area contributed by atoms with Crippen LogP contribution in [0, 0.1) is 17.8 Å². The fourth-order valence-corrected chi connectivity index (χ4v) is 4.19. The molecule has 132 valence electrons. The molecular weight excluding hydrogens is 342 g/mol. The largest absolute Gasteiger partial charge is 0.355 e. The lowest BCUT2D eigenvalue weighted by molar-refractivity contribution is 0.0940. The number of hydrogen-bond donors (Lipinski definition) is 2. The van der Waals surface area contributed by atoms with Gasteiger partial charge in [0.1, 0.15) is 0 Å². The molecule has 2 fully saturated rings. The zero-order valence-corrected chi connectivity index (χ0v) is 15.7. The molecule has 1 unspecified atom stereocenters. The number of carbonyl (C=O) groups is 1. The maximum Gasteiger partial charge on any atom is 0.274 e. The third-order valence-corrected chi connectivity index (χ3v) is 5.22. The highest BCUT2D eigenvalue weighted by molar-refractivity contribution is 7.59. The minimum Gasteiger partial charge on any atom is -0.355 e. The summed E-state index contributed by atoms with van der Waals surface area (Å²) < 4.78 is 5.20. The summed E-state index contributed by atoms with van der Waals surface area (Å²) in [5.74, 6) is 2.14. The number of amides is 1. The molecule has 2 aliphatic rings. The molecule has 2 aromatic rings. The maximum atomic E-state index is 12.4. The number of aromatic nitrogens is 1. The number of benzene rings is 1. The van der Waals surface area contributed by atoms with Crippen molar-refractivity contribution in [1.82, 2.24) is 15.8 Å². The first-order chi connectivity index (χ1) is 10.7. The zero-order valence-electron chi connectivity index (χ0n) is 13.7. The van der Waals surface area contributed by atoms with Crippen LogP contribution in [0.4, 0.5) is 0 Å². The summed E-state index contributed by atoms with van der Waals surface area (Å²) in [7, 11) is 0. The molecule has 0 spiro atoms. The molecule has 24 heavy (non-hydrogen) atoms. The molecule has 1 saturated carbocycles. The van der Waals surface area contributed by atoms with Crippen LogP contribution in [0.2, 0.25) is 0 Å². The molecule has 1 amide bonds. The van der Waals surface area contributed by atoms with Gasteiger partial charge in [-0.2, -0.15) is 27.0 Å². The summed E-state index contributed by atoms with van der Waals surface area (Å²) >= 11 is 0. The third-order valence-electron chi connectivity index (χ3n) is 5.22. The Morgan fingerprint density at radius 2 is 2.12 bits per heavy atom. The van der Waals surface area contributed by atoms with Crippen LogP contribution in [0.3, 0.4) is 0 Å². The molecule has 2 heterocycles. The molecule has 1 saturated heterocycles. The van der Waals surface area contributed by atoms with Gasteiger partial charge in [0.15, 0.2) is 11.3 Å². The smallest absolute Gasteiger partial charge is 0.274 e. The van der Waals surface area contributed by atoms with Gasteiger partial charge in [0.05, 0.1) is 5.39 Å². The highest BCUT2D eigenvalue weighted by Crippen LogP contribution is 2.40.